The summed E-state index contributed by atoms with van der Waals surface area (Å²) < 4.78 is 1.79. The Bertz CT molecular complexity index is 863. The smallest absolute Gasteiger partial charge is 0.262 e. The van der Waals surface area contributed by atoms with Gasteiger partial charge >= 0.3 is 0 Å². The molecule has 1 amide bonds. The second kappa shape index (κ2) is 6.58. The minimum atomic E-state index is -0.110. The van der Waals surface area contributed by atoms with Gasteiger partial charge in [-0.25, -0.2) is 4.98 Å². The number of amides is 1. The number of carbonyl (C=O) groups excluding carboxylic acids is 1. The molecule has 6 heteroatoms. The quantitative estimate of drug-likeness (QED) is 0.802. The fourth-order valence-corrected chi connectivity index (χ4v) is 2.92. The zero-order valence-electron chi connectivity index (χ0n) is 12.9. The number of nitrogens with one attached hydrogen (secondary N) is 1. The molecule has 2 aromatic heterocycles. The molecular formula is C17H16N4OS. The fourth-order valence-electron chi connectivity index (χ4n) is 2.15. The highest BCUT2D eigenvalue weighted by Crippen LogP contribution is 2.21. The summed E-state index contributed by atoms with van der Waals surface area (Å²) in [7, 11) is 3.52. The minimum Gasteiger partial charge on any atom is -0.354 e. The van der Waals surface area contributed by atoms with Crippen LogP contribution in [0, 0.1) is 0 Å². The van der Waals surface area contributed by atoms with Gasteiger partial charge in [0, 0.05) is 25.9 Å². The van der Waals surface area contributed by atoms with E-state index in [0.29, 0.717) is 4.88 Å². The molecule has 0 saturated heterocycles. The summed E-state index contributed by atoms with van der Waals surface area (Å²) in [6, 6.07) is 8.20. The number of aryl methyl sites for hydroxylation is 1. The predicted octanol–water partition coefficient (Wildman–Crippen LogP) is 3.07. The maximum absolute atomic E-state index is 11.5. The van der Waals surface area contributed by atoms with Gasteiger partial charge in [0.15, 0.2) is 0 Å². The van der Waals surface area contributed by atoms with Crippen LogP contribution in [0.25, 0.3) is 23.3 Å². The van der Waals surface area contributed by atoms with Gasteiger partial charge in [-0.1, -0.05) is 24.3 Å². The van der Waals surface area contributed by atoms with Gasteiger partial charge in [0.25, 0.3) is 5.91 Å². The van der Waals surface area contributed by atoms with Crippen LogP contribution in [0.5, 0.6) is 0 Å². The molecule has 5 nitrogen and oxygen atoms in total. The van der Waals surface area contributed by atoms with E-state index in [1.54, 1.807) is 17.9 Å². The van der Waals surface area contributed by atoms with Crippen LogP contribution in [0.4, 0.5) is 0 Å². The summed E-state index contributed by atoms with van der Waals surface area (Å²) in [4.78, 5) is 16.4. The molecule has 3 rings (SSSR count). The van der Waals surface area contributed by atoms with Crippen molar-refractivity contribution in [1.82, 2.24) is 20.1 Å². The van der Waals surface area contributed by atoms with Crippen LogP contribution in [-0.4, -0.2) is 27.7 Å². The first-order valence-corrected chi connectivity index (χ1v) is 7.92. The minimum absolute atomic E-state index is 0.110. The van der Waals surface area contributed by atoms with Crippen molar-refractivity contribution in [2.75, 3.05) is 7.05 Å². The number of hydrogen-bond acceptors (Lipinski definition) is 4. The Morgan fingerprint density at radius 3 is 2.87 bits per heavy atom. The lowest BCUT2D eigenvalue weighted by Gasteiger charge is -1.99. The number of carbonyl (C=O) groups is 1. The van der Waals surface area contributed by atoms with E-state index in [0.717, 1.165) is 21.7 Å². The largest absolute Gasteiger partial charge is 0.354 e. The molecule has 0 radical (unpaired) electrons. The van der Waals surface area contributed by atoms with E-state index in [1.165, 1.54) is 11.3 Å². The molecule has 2 heterocycles. The molecule has 0 saturated carbocycles. The maximum atomic E-state index is 11.5. The summed E-state index contributed by atoms with van der Waals surface area (Å²) in [5.74, 6) is -0.110. The molecule has 0 spiro atoms. The molecule has 1 aromatic carbocycles. The molecule has 1 N–H and O–H groups in total. The SMILES string of the molecule is CNC(=O)c1cnc(/C=C/c2cccc(-c3cnn(C)c3)c2)s1. The van der Waals surface area contributed by atoms with Gasteiger partial charge in [-0.05, 0) is 23.3 Å². The lowest BCUT2D eigenvalue weighted by atomic mass is 10.1. The Balaban J connectivity index is 1.80. The summed E-state index contributed by atoms with van der Waals surface area (Å²) in [5.41, 5.74) is 3.27. The van der Waals surface area contributed by atoms with Gasteiger partial charge in [-0.2, -0.15) is 5.10 Å². The lowest BCUT2D eigenvalue weighted by Crippen LogP contribution is -2.16. The van der Waals surface area contributed by atoms with Crippen molar-refractivity contribution in [3.8, 4) is 11.1 Å². The van der Waals surface area contributed by atoms with Crippen LogP contribution in [0.15, 0.2) is 42.9 Å². The number of benzene rings is 1. The third kappa shape index (κ3) is 3.54. The monoisotopic (exact) mass is 324 g/mol. The van der Waals surface area contributed by atoms with Crippen molar-refractivity contribution in [3.63, 3.8) is 0 Å². The third-order valence-corrected chi connectivity index (χ3v) is 4.28. The molecule has 0 bridgehead atoms. The summed E-state index contributed by atoms with van der Waals surface area (Å²) in [6.45, 7) is 0. The Hall–Kier alpha value is -2.73. The molecule has 0 atom stereocenters. The van der Waals surface area contributed by atoms with Crippen LogP contribution in [-0.2, 0) is 7.05 Å². The van der Waals surface area contributed by atoms with Gasteiger partial charge in [0.1, 0.15) is 9.88 Å². The standard InChI is InChI=1S/C17H16N4OS/c1-18-17(22)15-10-19-16(23-15)7-6-12-4-3-5-13(8-12)14-9-20-21(2)11-14/h3-11H,1-2H3,(H,18,22)/b7-6+. The first-order valence-electron chi connectivity index (χ1n) is 7.11. The highest BCUT2D eigenvalue weighted by atomic mass is 32.1. The normalized spacial score (nSPS) is 11.0. The van der Waals surface area contributed by atoms with E-state index < -0.39 is 0 Å². The maximum Gasteiger partial charge on any atom is 0.262 e. The number of hydrogen-bond donors (Lipinski definition) is 1. The number of rotatable bonds is 4. The van der Waals surface area contributed by atoms with Gasteiger partial charge in [-0.3, -0.25) is 9.48 Å². The Kier molecular flexibility index (Phi) is 4.34. The van der Waals surface area contributed by atoms with Crippen LogP contribution >= 0.6 is 11.3 Å². The van der Waals surface area contributed by atoms with Gasteiger partial charge < -0.3 is 5.32 Å². The highest BCUT2D eigenvalue weighted by Gasteiger charge is 2.06. The van der Waals surface area contributed by atoms with Crippen LogP contribution in [0.3, 0.4) is 0 Å². The van der Waals surface area contributed by atoms with Crippen molar-refractivity contribution in [2.45, 2.75) is 0 Å². The average molecular weight is 324 g/mol. The molecule has 3 aromatic rings. The second-order valence-corrected chi connectivity index (χ2v) is 6.07. The first-order chi connectivity index (χ1) is 11.2. The topological polar surface area (TPSA) is 59.8 Å². The van der Waals surface area contributed by atoms with Crippen molar-refractivity contribution >= 4 is 29.4 Å². The Labute approximate surface area is 138 Å². The van der Waals surface area contributed by atoms with Crippen molar-refractivity contribution < 1.29 is 4.79 Å². The highest BCUT2D eigenvalue weighted by molar-refractivity contribution is 7.14. The second-order valence-electron chi connectivity index (χ2n) is 5.00. The van der Waals surface area contributed by atoms with E-state index in [-0.39, 0.29) is 5.91 Å². The zero-order chi connectivity index (χ0) is 16.2. The molecule has 23 heavy (non-hydrogen) atoms. The van der Waals surface area contributed by atoms with Crippen LogP contribution < -0.4 is 5.32 Å². The summed E-state index contributed by atoms with van der Waals surface area (Å²) in [5, 5.41) is 7.59. The van der Waals surface area contributed by atoms with E-state index in [1.807, 2.05) is 43.7 Å². The molecule has 0 unspecified atom stereocenters. The van der Waals surface area contributed by atoms with Crippen LogP contribution in [0.1, 0.15) is 20.2 Å². The van der Waals surface area contributed by atoms with Crippen LogP contribution in [0.2, 0.25) is 0 Å². The van der Waals surface area contributed by atoms with Crippen molar-refractivity contribution in [3.05, 3.63) is 58.3 Å². The number of nitrogens with zero attached hydrogens (tertiary/aromatic N) is 3. The molecule has 0 aliphatic carbocycles. The summed E-state index contributed by atoms with van der Waals surface area (Å²) in [6.07, 6.45) is 9.33. The lowest BCUT2D eigenvalue weighted by molar-refractivity contribution is 0.0967. The molecule has 0 fully saturated rings. The number of thiazole rings is 1. The van der Waals surface area contributed by atoms with Crippen molar-refractivity contribution in [1.29, 1.82) is 0 Å². The Morgan fingerprint density at radius 1 is 1.26 bits per heavy atom. The van der Waals surface area contributed by atoms with E-state index in [9.17, 15) is 4.79 Å². The number of aromatic nitrogens is 3. The molecule has 0 aliphatic rings. The van der Waals surface area contributed by atoms with Gasteiger partial charge in [0.05, 0.1) is 12.4 Å². The summed E-state index contributed by atoms with van der Waals surface area (Å²) >= 11 is 1.37. The van der Waals surface area contributed by atoms with E-state index in [2.05, 4.69) is 27.5 Å². The van der Waals surface area contributed by atoms with E-state index >= 15 is 0 Å². The molecular weight excluding hydrogens is 308 g/mol. The molecule has 0 aliphatic heterocycles. The zero-order valence-corrected chi connectivity index (χ0v) is 13.7. The predicted molar refractivity (Wildman–Crippen MR) is 93.1 cm³/mol. The third-order valence-electron chi connectivity index (χ3n) is 3.32. The fraction of sp³-hybridized carbons (Fsp3) is 0.118. The van der Waals surface area contributed by atoms with Crippen molar-refractivity contribution in [2.24, 2.45) is 7.05 Å². The Morgan fingerprint density at radius 2 is 2.13 bits per heavy atom. The van der Waals surface area contributed by atoms with Gasteiger partial charge in [-0.15, -0.1) is 11.3 Å². The first kappa shape index (κ1) is 15.2. The van der Waals surface area contributed by atoms with Gasteiger partial charge in [0.2, 0.25) is 0 Å². The average Bonchev–Trinajstić information content (AvgIpc) is 3.21. The molecule has 116 valence electrons. The van der Waals surface area contributed by atoms with E-state index in [4.69, 9.17) is 0 Å².